The molecule has 0 aliphatic heterocycles. The fourth-order valence-electron chi connectivity index (χ4n) is 0.694. The minimum absolute atomic E-state index is 0.107. The molecule has 0 radical (unpaired) electrons. The predicted molar refractivity (Wildman–Crippen MR) is 47.5 cm³/mol. The third-order valence-electron chi connectivity index (χ3n) is 1.84. The number of rotatable bonds is 4. The second-order valence-corrected chi connectivity index (χ2v) is 3.05. The molecule has 0 aromatic heterocycles. The molecule has 0 amide bonds. The highest BCUT2D eigenvalue weighted by atomic mass is 16.1. The van der Waals surface area contributed by atoms with Crippen LogP contribution in [0.2, 0.25) is 0 Å². The van der Waals surface area contributed by atoms with Gasteiger partial charge in [0.1, 0.15) is 0 Å². The molecule has 64 valence electrons. The molecule has 0 aromatic rings. The molecule has 0 aromatic carbocycles. The van der Waals surface area contributed by atoms with Crippen molar-refractivity contribution < 1.29 is 4.79 Å². The van der Waals surface area contributed by atoms with E-state index in [2.05, 4.69) is 11.9 Å². The number of ketones is 1. The second-order valence-electron chi connectivity index (χ2n) is 3.05. The van der Waals surface area contributed by atoms with E-state index >= 15 is 0 Å². The summed E-state index contributed by atoms with van der Waals surface area (Å²) in [5.41, 5.74) is 0.701. The molecule has 0 fully saturated rings. The van der Waals surface area contributed by atoms with Crippen molar-refractivity contribution in [3.63, 3.8) is 0 Å². The number of hydrogen-bond donors (Lipinski definition) is 1. The topological polar surface area (TPSA) is 29.1 Å². The Bertz CT molecular complexity index is 161. The summed E-state index contributed by atoms with van der Waals surface area (Å²) in [6, 6.07) is -0.107. The van der Waals surface area contributed by atoms with Gasteiger partial charge in [0.25, 0.3) is 0 Å². The van der Waals surface area contributed by atoms with E-state index in [9.17, 15) is 4.79 Å². The van der Waals surface area contributed by atoms with Crippen LogP contribution in [0.25, 0.3) is 0 Å². The number of hydrogen-bond acceptors (Lipinski definition) is 2. The first-order chi connectivity index (χ1) is 5.00. The van der Waals surface area contributed by atoms with E-state index in [0.717, 1.165) is 0 Å². The highest BCUT2D eigenvalue weighted by Gasteiger charge is 2.15. The third kappa shape index (κ3) is 2.85. The van der Waals surface area contributed by atoms with Crippen molar-refractivity contribution in [1.82, 2.24) is 5.32 Å². The van der Waals surface area contributed by atoms with Crippen LogP contribution in [0.4, 0.5) is 0 Å². The van der Waals surface area contributed by atoms with Gasteiger partial charge in [0.15, 0.2) is 5.78 Å². The number of Topliss-reactive ketones (excluding diaryl/α,β-unsaturated/α-hetero) is 1. The lowest BCUT2D eigenvalue weighted by Crippen LogP contribution is -2.32. The SMILES string of the molecule is C=C(C(=O)C(C)NC)C(C)C. The maximum absolute atomic E-state index is 11.4. The fourth-order valence-corrected chi connectivity index (χ4v) is 0.694. The molecule has 1 atom stereocenters. The molecule has 0 bridgehead atoms. The average Bonchev–Trinajstić information content (AvgIpc) is 2.00. The van der Waals surface area contributed by atoms with Crippen molar-refractivity contribution in [1.29, 1.82) is 0 Å². The molecule has 2 nitrogen and oxygen atoms in total. The minimum atomic E-state index is -0.107. The van der Waals surface area contributed by atoms with E-state index in [0.29, 0.717) is 5.57 Å². The number of nitrogens with one attached hydrogen (secondary N) is 1. The molecule has 1 unspecified atom stereocenters. The van der Waals surface area contributed by atoms with Crippen LogP contribution in [0.5, 0.6) is 0 Å². The van der Waals surface area contributed by atoms with Crippen LogP contribution in [0, 0.1) is 5.92 Å². The van der Waals surface area contributed by atoms with Gasteiger partial charge in [0, 0.05) is 0 Å². The first-order valence-electron chi connectivity index (χ1n) is 3.91. The van der Waals surface area contributed by atoms with Crippen molar-refractivity contribution >= 4 is 5.78 Å². The monoisotopic (exact) mass is 155 g/mol. The molecule has 11 heavy (non-hydrogen) atoms. The van der Waals surface area contributed by atoms with Crippen LogP contribution >= 0.6 is 0 Å². The zero-order valence-electron chi connectivity index (χ0n) is 7.77. The summed E-state index contributed by atoms with van der Waals surface area (Å²) in [4.78, 5) is 11.4. The lowest BCUT2D eigenvalue weighted by Gasteiger charge is -2.13. The molecule has 1 N–H and O–H groups in total. The largest absolute Gasteiger partial charge is 0.310 e. The summed E-state index contributed by atoms with van der Waals surface area (Å²) >= 11 is 0. The van der Waals surface area contributed by atoms with Crippen molar-refractivity contribution in [2.24, 2.45) is 5.92 Å². The Kier molecular flexibility index (Phi) is 4.04. The van der Waals surface area contributed by atoms with Gasteiger partial charge in [0.2, 0.25) is 0 Å². The summed E-state index contributed by atoms with van der Waals surface area (Å²) in [6.07, 6.45) is 0. The maximum Gasteiger partial charge on any atom is 0.175 e. The molecular formula is C9H17NO. The lowest BCUT2D eigenvalue weighted by molar-refractivity contribution is -0.117. The number of likely N-dealkylation sites (N-methyl/N-ethyl adjacent to an activating group) is 1. The molecule has 0 saturated carbocycles. The standard InChI is InChI=1S/C9H17NO/c1-6(2)7(3)9(11)8(4)10-5/h6,8,10H,3H2,1-2,4-5H3. The summed E-state index contributed by atoms with van der Waals surface area (Å²) < 4.78 is 0. The highest BCUT2D eigenvalue weighted by molar-refractivity contribution is 5.98. The summed E-state index contributed by atoms with van der Waals surface area (Å²) in [5, 5.41) is 2.89. The van der Waals surface area contributed by atoms with Crippen LogP contribution in [0.3, 0.4) is 0 Å². The number of carbonyl (C=O) groups excluding carboxylic acids is 1. The maximum atomic E-state index is 11.4. The molecule has 0 aliphatic rings. The van der Waals surface area contributed by atoms with Gasteiger partial charge in [0.05, 0.1) is 6.04 Å². The Morgan fingerprint density at radius 1 is 1.36 bits per heavy atom. The molecule has 0 spiro atoms. The van der Waals surface area contributed by atoms with Crippen LogP contribution in [0.15, 0.2) is 12.2 Å². The molecule has 0 rings (SSSR count). The molecule has 0 aliphatic carbocycles. The molecular weight excluding hydrogens is 138 g/mol. The van der Waals surface area contributed by atoms with Crippen molar-refractivity contribution in [2.45, 2.75) is 26.8 Å². The average molecular weight is 155 g/mol. The highest BCUT2D eigenvalue weighted by Crippen LogP contribution is 2.09. The first kappa shape index (κ1) is 10.4. The minimum Gasteiger partial charge on any atom is -0.310 e. The Morgan fingerprint density at radius 2 is 1.82 bits per heavy atom. The summed E-state index contributed by atoms with van der Waals surface area (Å²) in [7, 11) is 1.77. The van der Waals surface area contributed by atoms with Crippen molar-refractivity contribution in [3.8, 4) is 0 Å². The van der Waals surface area contributed by atoms with Gasteiger partial charge in [-0.25, -0.2) is 0 Å². The van der Waals surface area contributed by atoms with Gasteiger partial charge in [-0.2, -0.15) is 0 Å². The normalized spacial score (nSPS) is 13.2. The molecule has 2 heteroatoms. The lowest BCUT2D eigenvalue weighted by atomic mass is 9.97. The van der Waals surface area contributed by atoms with Crippen LogP contribution < -0.4 is 5.32 Å². The third-order valence-corrected chi connectivity index (χ3v) is 1.84. The zero-order chi connectivity index (χ0) is 9.02. The quantitative estimate of drug-likeness (QED) is 0.621. The van der Waals surface area contributed by atoms with Gasteiger partial charge >= 0.3 is 0 Å². The van der Waals surface area contributed by atoms with Crippen molar-refractivity contribution in [2.75, 3.05) is 7.05 Å². The van der Waals surface area contributed by atoms with E-state index < -0.39 is 0 Å². The van der Waals surface area contributed by atoms with Gasteiger partial charge in [-0.3, -0.25) is 4.79 Å². The summed E-state index contributed by atoms with van der Waals surface area (Å²) in [5.74, 6) is 0.362. The second kappa shape index (κ2) is 4.29. The van der Waals surface area contributed by atoms with Crippen LogP contribution in [0.1, 0.15) is 20.8 Å². The van der Waals surface area contributed by atoms with Gasteiger partial charge in [-0.1, -0.05) is 20.4 Å². The Balaban J connectivity index is 4.14. The molecule has 0 saturated heterocycles. The van der Waals surface area contributed by atoms with E-state index in [1.807, 2.05) is 20.8 Å². The van der Waals surface area contributed by atoms with Gasteiger partial charge in [-0.15, -0.1) is 0 Å². The Morgan fingerprint density at radius 3 is 2.09 bits per heavy atom. The predicted octanol–water partition coefficient (Wildman–Crippen LogP) is 1.38. The van der Waals surface area contributed by atoms with Crippen LogP contribution in [-0.4, -0.2) is 18.9 Å². The Hall–Kier alpha value is -0.630. The first-order valence-corrected chi connectivity index (χ1v) is 3.91. The van der Waals surface area contributed by atoms with Gasteiger partial charge < -0.3 is 5.32 Å². The summed E-state index contributed by atoms with van der Waals surface area (Å²) in [6.45, 7) is 9.53. The van der Waals surface area contributed by atoms with E-state index in [1.54, 1.807) is 7.05 Å². The Labute approximate surface area is 68.7 Å². The van der Waals surface area contributed by atoms with Crippen molar-refractivity contribution in [3.05, 3.63) is 12.2 Å². The smallest absolute Gasteiger partial charge is 0.175 e. The van der Waals surface area contributed by atoms with Gasteiger partial charge in [-0.05, 0) is 25.5 Å². The fraction of sp³-hybridized carbons (Fsp3) is 0.667. The number of carbonyl (C=O) groups is 1. The van der Waals surface area contributed by atoms with Crippen LogP contribution in [-0.2, 0) is 4.79 Å². The zero-order valence-corrected chi connectivity index (χ0v) is 7.77. The van der Waals surface area contributed by atoms with E-state index in [-0.39, 0.29) is 17.7 Å². The van der Waals surface area contributed by atoms with E-state index in [1.165, 1.54) is 0 Å². The molecule has 0 heterocycles. The van der Waals surface area contributed by atoms with E-state index in [4.69, 9.17) is 0 Å².